The Morgan fingerprint density at radius 3 is 2.73 bits per heavy atom. The number of hydrogen-bond acceptors (Lipinski definition) is 5. The normalized spacial score (nSPS) is 15.8. The average Bonchev–Trinajstić information content (AvgIpc) is 3.44. The lowest BCUT2D eigenvalue weighted by atomic mass is 10.1. The lowest BCUT2D eigenvalue weighted by molar-refractivity contribution is -0.384. The van der Waals surface area contributed by atoms with Gasteiger partial charge in [0.2, 0.25) is 5.91 Å². The molecular formula is C18H16N4O4. The molecule has 2 aromatic rings. The van der Waals surface area contributed by atoms with E-state index in [4.69, 9.17) is 0 Å². The SMILES string of the molecule is O=C1CN(C(=O)c2ccc(NC3CC3)c([N+](=O)[O-])c2)c2ccccc2N1. The zero-order chi connectivity index (χ0) is 18.3. The summed E-state index contributed by atoms with van der Waals surface area (Å²) in [6.45, 7) is -0.133. The lowest BCUT2D eigenvalue weighted by Crippen LogP contribution is -2.42. The summed E-state index contributed by atoms with van der Waals surface area (Å²) >= 11 is 0. The first-order valence-corrected chi connectivity index (χ1v) is 8.28. The summed E-state index contributed by atoms with van der Waals surface area (Å²) in [5, 5.41) is 17.2. The number of anilines is 3. The maximum atomic E-state index is 12.9. The molecule has 26 heavy (non-hydrogen) atoms. The molecule has 0 bridgehead atoms. The van der Waals surface area contributed by atoms with Crippen molar-refractivity contribution in [1.82, 2.24) is 0 Å². The molecule has 0 saturated heterocycles. The number of nitro groups is 1. The number of benzene rings is 2. The Balaban J connectivity index is 1.69. The average molecular weight is 352 g/mol. The Morgan fingerprint density at radius 2 is 2.00 bits per heavy atom. The highest BCUT2D eigenvalue weighted by atomic mass is 16.6. The van der Waals surface area contributed by atoms with Gasteiger partial charge in [0, 0.05) is 17.7 Å². The van der Waals surface area contributed by atoms with E-state index in [0.717, 1.165) is 12.8 Å². The van der Waals surface area contributed by atoms with Crippen LogP contribution in [-0.4, -0.2) is 29.3 Å². The maximum Gasteiger partial charge on any atom is 0.293 e. The third-order valence-corrected chi connectivity index (χ3v) is 4.39. The fourth-order valence-electron chi connectivity index (χ4n) is 2.96. The number of nitrogens with one attached hydrogen (secondary N) is 2. The summed E-state index contributed by atoms with van der Waals surface area (Å²) in [7, 11) is 0. The molecule has 8 heteroatoms. The van der Waals surface area contributed by atoms with Crippen LogP contribution in [0.2, 0.25) is 0 Å². The van der Waals surface area contributed by atoms with Gasteiger partial charge in [-0.3, -0.25) is 24.6 Å². The molecule has 0 spiro atoms. The van der Waals surface area contributed by atoms with Gasteiger partial charge in [-0.2, -0.15) is 0 Å². The van der Waals surface area contributed by atoms with E-state index in [1.54, 1.807) is 36.4 Å². The molecule has 1 aliphatic carbocycles. The van der Waals surface area contributed by atoms with Crippen molar-refractivity contribution in [2.75, 3.05) is 22.1 Å². The molecule has 0 atom stereocenters. The number of para-hydroxylation sites is 2. The molecule has 0 unspecified atom stereocenters. The largest absolute Gasteiger partial charge is 0.377 e. The summed E-state index contributed by atoms with van der Waals surface area (Å²) in [5.74, 6) is -0.757. The molecule has 0 radical (unpaired) electrons. The minimum Gasteiger partial charge on any atom is -0.377 e. The minimum atomic E-state index is -0.502. The second-order valence-corrected chi connectivity index (χ2v) is 6.36. The van der Waals surface area contributed by atoms with Gasteiger partial charge in [-0.15, -0.1) is 0 Å². The Labute approximate surface area is 149 Å². The van der Waals surface area contributed by atoms with Gasteiger partial charge in [-0.25, -0.2) is 0 Å². The highest BCUT2D eigenvalue weighted by Crippen LogP contribution is 2.34. The highest BCUT2D eigenvalue weighted by Gasteiger charge is 2.30. The van der Waals surface area contributed by atoms with Crippen molar-refractivity contribution in [3.8, 4) is 0 Å². The molecule has 2 N–H and O–H groups in total. The lowest BCUT2D eigenvalue weighted by Gasteiger charge is -2.29. The summed E-state index contributed by atoms with van der Waals surface area (Å²) in [5.41, 5.74) is 1.55. The van der Waals surface area contributed by atoms with Gasteiger partial charge >= 0.3 is 0 Å². The van der Waals surface area contributed by atoms with Crippen molar-refractivity contribution in [1.29, 1.82) is 0 Å². The number of carbonyl (C=O) groups excluding carboxylic acids is 2. The highest BCUT2D eigenvalue weighted by molar-refractivity contribution is 6.15. The number of rotatable bonds is 4. The van der Waals surface area contributed by atoms with Gasteiger partial charge in [-0.05, 0) is 37.1 Å². The molecule has 4 rings (SSSR count). The van der Waals surface area contributed by atoms with Gasteiger partial charge < -0.3 is 10.6 Å². The zero-order valence-electron chi connectivity index (χ0n) is 13.8. The van der Waals surface area contributed by atoms with E-state index in [0.29, 0.717) is 17.1 Å². The predicted octanol–water partition coefficient (Wildman–Crippen LogP) is 2.77. The van der Waals surface area contributed by atoms with Gasteiger partial charge in [0.1, 0.15) is 12.2 Å². The third-order valence-electron chi connectivity index (χ3n) is 4.39. The first kappa shape index (κ1) is 16.1. The van der Waals surface area contributed by atoms with Gasteiger partial charge in [0.05, 0.1) is 16.3 Å². The van der Waals surface area contributed by atoms with Crippen LogP contribution in [0.1, 0.15) is 23.2 Å². The first-order valence-electron chi connectivity index (χ1n) is 8.28. The van der Waals surface area contributed by atoms with Crippen LogP contribution in [0.15, 0.2) is 42.5 Å². The third kappa shape index (κ3) is 2.97. The number of nitro benzene ring substituents is 1. The molecular weight excluding hydrogens is 336 g/mol. The standard InChI is InChI=1S/C18H16N4O4/c23-17-10-21(15-4-2-1-3-13(15)20-17)18(24)11-5-8-14(19-12-6-7-12)16(9-11)22(25)26/h1-5,8-9,12,19H,6-7,10H2,(H,20,23). The van der Waals surface area contributed by atoms with Crippen molar-refractivity contribution in [2.24, 2.45) is 0 Å². The summed E-state index contributed by atoms with van der Waals surface area (Å²) in [6.07, 6.45) is 1.97. The fraction of sp³-hybridized carbons (Fsp3) is 0.222. The van der Waals surface area contributed by atoms with Crippen molar-refractivity contribution >= 4 is 34.6 Å². The van der Waals surface area contributed by atoms with E-state index >= 15 is 0 Å². The molecule has 8 nitrogen and oxygen atoms in total. The quantitative estimate of drug-likeness (QED) is 0.650. The van der Waals surface area contributed by atoms with Crippen molar-refractivity contribution in [3.05, 3.63) is 58.1 Å². The van der Waals surface area contributed by atoms with Gasteiger partial charge in [0.15, 0.2) is 0 Å². The van der Waals surface area contributed by atoms with Gasteiger partial charge in [0.25, 0.3) is 11.6 Å². The topological polar surface area (TPSA) is 105 Å². The molecule has 1 fully saturated rings. The van der Waals surface area contributed by atoms with E-state index in [-0.39, 0.29) is 29.7 Å². The van der Waals surface area contributed by atoms with Crippen LogP contribution < -0.4 is 15.5 Å². The second kappa shape index (κ2) is 6.14. The maximum absolute atomic E-state index is 12.9. The van der Waals surface area contributed by atoms with Crippen molar-refractivity contribution < 1.29 is 14.5 Å². The van der Waals surface area contributed by atoms with E-state index in [9.17, 15) is 19.7 Å². The molecule has 0 aromatic heterocycles. The van der Waals surface area contributed by atoms with Gasteiger partial charge in [-0.1, -0.05) is 12.1 Å². The monoisotopic (exact) mass is 352 g/mol. The predicted molar refractivity (Wildman–Crippen MR) is 96.5 cm³/mol. The van der Waals surface area contributed by atoms with E-state index in [1.807, 2.05) is 0 Å². The number of carbonyl (C=O) groups is 2. The smallest absolute Gasteiger partial charge is 0.293 e. The summed E-state index contributed by atoms with van der Waals surface area (Å²) in [6, 6.07) is 11.6. The molecule has 1 saturated carbocycles. The minimum absolute atomic E-state index is 0.133. The zero-order valence-corrected chi connectivity index (χ0v) is 13.8. The Kier molecular flexibility index (Phi) is 3.80. The van der Waals surface area contributed by atoms with E-state index in [2.05, 4.69) is 10.6 Å². The van der Waals surface area contributed by atoms with Crippen molar-refractivity contribution in [3.63, 3.8) is 0 Å². The molecule has 1 heterocycles. The van der Waals surface area contributed by atoms with E-state index in [1.165, 1.54) is 11.0 Å². The molecule has 132 valence electrons. The number of fused-ring (bicyclic) bond motifs is 1. The number of nitrogens with zero attached hydrogens (tertiary/aromatic N) is 2. The Hall–Kier alpha value is -3.42. The molecule has 1 aliphatic heterocycles. The Bertz CT molecular complexity index is 923. The second-order valence-electron chi connectivity index (χ2n) is 6.36. The van der Waals surface area contributed by atoms with Crippen LogP contribution >= 0.6 is 0 Å². The van der Waals surface area contributed by atoms with Crippen LogP contribution in [0.3, 0.4) is 0 Å². The van der Waals surface area contributed by atoms with Crippen LogP contribution in [0.4, 0.5) is 22.7 Å². The first-order chi connectivity index (χ1) is 12.5. The van der Waals surface area contributed by atoms with Crippen LogP contribution in [0.5, 0.6) is 0 Å². The number of amides is 2. The molecule has 2 amide bonds. The van der Waals surface area contributed by atoms with Crippen molar-refractivity contribution in [2.45, 2.75) is 18.9 Å². The van der Waals surface area contributed by atoms with Crippen LogP contribution in [-0.2, 0) is 4.79 Å². The Morgan fingerprint density at radius 1 is 1.23 bits per heavy atom. The number of hydrogen-bond donors (Lipinski definition) is 2. The summed E-state index contributed by atoms with van der Waals surface area (Å²) < 4.78 is 0. The van der Waals surface area contributed by atoms with E-state index < -0.39 is 10.8 Å². The van der Waals surface area contributed by atoms with Crippen LogP contribution in [0.25, 0.3) is 0 Å². The van der Waals surface area contributed by atoms with Crippen LogP contribution in [0, 0.1) is 10.1 Å². The molecule has 2 aromatic carbocycles. The fourth-order valence-corrected chi connectivity index (χ4v) is 2.96. The molecule has 2 aliphatic rings. The summed E-state index contributed by atoms with van der Waals surface area (Å²) in [4.78, 5) is 37.1.